The number of ether oxygens (including phenoxy) is 1. The molecule has 2 aromatic carbocycles. The van der Waals surface area contributed by atoms with Crippen LogP contribution in [0, 0.1) is 6.92 Å². The lowest BCUT2D eigenvalue weighted by Gasteiger charge is -2.35. The fourth-order valence-electron chi connectivity index (χ4n) is 4.06. The molecule has 0 saturated carbocycles. The van der Waals surface area contributed by atoms with E-state index in [2.05, 4.69) is 20.4 Å². The van der Waals surface area contributed by atoms with Gasteiger partial charge < -0.3 is 14.1 Å². The van der Waals surface area contributed by atoms with E-state index in [-0.39, 0.29) is 47.2 Å². The molecular weight excluding hydrogens is 501 g/mol. The molecule has 0 unspecified atom stereocenters. The fourth-order valence-corrected chi connectivity index (χ4v) is 4.35. The number of aryl methyl sites for hydroxylation is 1. The second-order valence-electron chi connectivity index (χ2n) is 8.28. The Labute approximate surface area is 210 Å². The van der Waals surface area contributed by atoms with E-state index in [0.717, 1.165) is 19.3 Å². The highest BCUT2D eigenvalue weighted by Gasteiger charge is 2.32. The summed E-state index contributed by atoms with van der Waals surface area (Å²) in [5.41, 5.74) is 3.90. The van der Waals surface area contributed by atoms with Gasteiger partial charge in [-0.15, -0.1) is 23.4 Å². The highest BCUT2D eigenvalue weighted by atomic mass is 35.5. The third kappa shape index (κ3) is 6.67. The number of para-hydroxylation sites is 1. The van der Waals surface area contributed by atoms with Crippen LogP contribution in [0.5, 0.6) is 5.75 Å². The van der Waals surface area contributed by atoms with Crippen LogP contribution in [0.15, 0.2) is 46.9 Å². The number of nitrogens with one attached hydrogen (secondary N) is 1. The maximum Gasteiger partial charge on any atom is 0.573 e. The predicted octanol–water partition coefficient (Wildman–Crippen LogP) is 5.56. The summed E-state index contributed by atoms with van der Waals surface area (Å²) in [6.45, 7) is 2.51. The number of nitrogens with zero attached hydrogens (tertiary/aromatic N) is 3. The molecule has 36 heavy (non-hydrogen) atoms. The molecule has 1 amide bonds. The fraction of sp³-hybridized carbons (Fsp3) is 0.375. The number of hydrogen-bond acceptors (Lipinski definition) is 7. The van der Waals surface area contributed by atoms with E-state index < -0.39 is 6.36 Å². The average Bonchev–Trinajstić information content (AvgIpc) is 3.23. The minimum atomic E-state index is -4.82. The van der Waals surface area contributed by atoms with Crippen LogP contribution in [-0.4, -0.2) is 46.6 Å². The number of carbonyl (C=O) groups is 1. The number of likely N-dealkylation sites (tertiary alicyclic amines) is 1. The summed E-state index contributed by atoms with van der Waals surface area (Å²) < 4.78 is 47.7. The van der Waals surface area contributed by atoms with E-state index in [1.165, 1.54) is 18.2 Å². The number of aromatic nitrogens is 2. The van der Waals surface area contributed by atoms with Crippen LogP contribution in [0.3, 0.4) is 0 Å². The molecule has 1 aliphatic rings. The first-order chi connectivity index (χ1) is 17.2. The molecule has 1 aliphatic heterocycles. The maximum absolute atomic E-state index is 12.8. The number of halogens is 4. The molecule has 192 valence electrons. The van der Waals surface area contributed by atoms with Crippen molar-refractivity contribution in [1.29, 1.82) is 0 Å². The summed E-state index contributed by atoms with van der Waals surface area (Å²) in [5, 5.41) is 7.85. The first kappa shape index (κ1) is 25.8. The van der Waals surface area contributed by atoms with Gasteiger partial charge in [-0.05, 0) is 37.5 Å². The Bertz CT molecular complexity index is 1200. The molecule has 4 rings (SSSR count). The Morgan fingerprint density at radius 2 is 2.00 bits per heavy atom. The van der Waals surface area contributed by atoms with Gasteiger partial charge in [0.25, 0.3) is 0 Å². The maximum atomic E-state index is 12.8. The monoisotopic (exact) mass is 524 g/mol. The van der Waals surface area contributed by atoms with Gasteiger partial charge in [-0.1, -0.05) is 35.9 Å². The molecule has 3 aromatic rings. The van der Waals surface area contributed by atoms with Crippen molar-refractivity contribution in [1.82, 2.24) is 15.1 Å². The van der Waals surface area contributed by atoms with E-state index in [1.54, 1.807) is 36.1 Å². The zero-order valence-electron chi connectivity index (χ0n) is 19.3. The summed E-state index contributed by atoms with van der Waals surface area (Å²) in [6.07, 6.45) is -2.14. The van der Waals surface area contributed by atoms with E-state index >= 15 is 0 Å². The third-order valence-electron chi connectivity index (χ3n) is 5.66. The predicted molar refractivity (Wildman–Crippen MR) is 125 cm³/mol. The van der Waals surface area contributed by atoms with Crippen LogP contribution >= 0.6 is 11.6 Å². The second kappa shape index (κ2) is 11.2. The smallest absolute Gasteiger partial charge is 0.425 e. The Morgan fingerprint density at radius 1 is 1.19 bits per heavy atom. The van der Waals surface area contributed by atoms with Crippen molar-refractivity contribution in [2.45, 2.75) is 45.0 Å². The summed E-state index contributed by atoms with van der Waals surface area (Å²) in [4.78, 5) is 20.2. The minimum absolute atomic E-state index is 0.0291. The first-order valence-electron chi connectivity index (χ1n) is 11.3. The minimum Gasteiger partial charge on any atom is -0.425 e. The molecule has 0 aliphatic carbocycles. The highest BCUT2D eigenvalue weighted by Crippen LogP contribution is 2.38. The van der Waals surface area contributed by atoms with Crippen LogP contribution in [0.4, 0.5) is 18.9 Å². The Balaban J connectivity index is 1.37. The summed E-state index contributed by atoms with van der Waals surface area (Å²) >= 11 is 6.37. The molecule has 1 atom stereocenters. The van der Waals surface area contributed by atoms with Gasteiger partial charge in [0.1, 0.15) is 12.2 Å². The first-order valence-corrected chi connectivity index (χ1v) is 11.7. The van der Waals surface area contributed by atoms with E-state index in [4.69, 9.17) is 20.9 Å². The quantitative estimate of drug-likeness (QED) is 0.386. The second-order valence-corrected chi connectivity index (χ2v) is 8.69. The van der Waals surface area contributed by atoms with Crippen molar-refractivity contribution in [3.8, 4) is 16.9 Å². The zero-order valence-corrected chi connectivity index (χ0v) is 20.1. The number of carbonyl (C=O) groups excluding carboxylic acids is 1. The Hall–Kier alpha value is -3.31. The largest absolute Gasteiger partial charge is 0.573 e. The summed E-state index contributed by atoms with van der Waals surface area (Å²) in [7, 11) is 0. The number of benzene rings is 2. The standard InChI is InChI=1S/C24H24ClF3N4O4/c1-15-29-30-22(35-15)13-23(33)32-11-5-4-6-17(32)14-34-31-16-9-10-18(20(25)12-16)19-7-2-3-8-21(19)36-24(26,27)28/h2-3,7-10,12,17,31H,4-6,11,13-14H2,1H3/t17-/m1/s1. The highest BCUT2D eigenvalue weighted by molar-refractivity contribution is 6.33. The van der Waals surface area contributed by atoms with Gasteiger partial charge in [-0.3, -0.25) is 15.1 Å². The van der Waals surface area contributed by atoms with Crippen LogP contribution in [0.2, 0.25) is 5.02 Å². The van der Waals surface area contributed by atoms with Crippen molar-refractivity contribution in [2.24, 2.45) is 0 Å². The van der Waals surface area contributed by atoms with Crippen molar-refractivity contribution >= 4 is 23.2 Å². The van der Waals surface area contributed by atoms with Crippen LogP contribution in [0.25, 0.3) is 11.1 Å². The van der Waals surface area contributed by atoms with Gasteiger partial charge in [0, 0.05) is 24.6 Å². The van der Waals surface area contributed by atoms with E-state index in [9.17, 15) is 18.0 Å². The van der Waals surface area contributed by atoms with Crippen LogP contribution < -0.4 is 10.2 Å². The molecule has 1 fully saturated rings. The lowest BCUT2D eigenvalue weighted by molar-refractivity contribution is -0.274. The number of rotatable bonds is 8. The van der Waals surface area contributed by atoms with Crippen molar-refractivity contribution in [3.05, 3.63) is 59.3 Å². The lowest BCUT2D eigenvalue weighted by Crippen LogP contribution is -2.47. The van der Waals surface area contributed by atoms with Gasteiger partial charge in [0.15, 0.2) is 0 Å². The molecular formula is C24H24ClF3N4O4. The molecule has 8 nitrogen and oxygen atoms in total. The van der Waals surface area contributed by atoms with Gasteiger partial charge in [-0.25, -0.2) is 0 Å². The molecule has 1 N–H and O–H groups in total. The number of anilines is 1. The average molecular weight is 525 g/mol. The molecule has 0 bridgehead atoms. The molecule has 2 heterocycles. The van der Waals surface area contributed by atoms with Gasteiger partial charge in [0.05, 0.1) is 23.4 Å². The van der Waals surface area contributed by atoms with Crippen molar-refractivity contribution in [3.63, 3.8) is 0 Å². The number of piperidine rings is 1. The van der Waals surface area contributed by atoms with E-state index in [0.29, 0.717) is 23.7 Å². The van der Waals surface area contributed by atoms with Crippen molar-refractivity contribution in [2.75, 3.05) is 18.6 Å². The number of alkyl halides is 3. The zero-order chi connectivity index (χ0) is 25.7. The van der Waals surface area contributed by atoms with Gasteiger partial charge in [0.2, 0.25) is 17.7 Å². The SMILES string of the molecule is Cc1nnc(CC(=O)N2CCCC[C@@H]2CONc2ccc(-c3ccccc3OC(F)(F)F)c(Cl)c2)o1. The summed E-state index contributed by atoms with van der Waals surface area (Å²) in [6, 6.07) is 10.4. The van der Waals surface area contributed by atoms with Crippen molar-refractivity contribution < 1.29 is 32.0 Å². The summed E-state index contributed by atoms with van der Waals surface area (Å²) in [5.74, 6) is 0.222. The molecule has 1 aromatic heterocycles. The lowest BCUT2D eigenvalue weighted by atomic mass is 10.0. The topological polar surface area (TPSA) is 89.7 Å². The molecule has 0 radical (unpaired) electrons. The van der Waals surface area contributed by atoms with Gasteiger partial charge >= 0.3 is 6.36 Å². The van der Waals surface area contributed by atoms with Crippen LogP contribution in [-0.2, 0) is 16.1 Å². The van der Waals surface area contributed by atoms with Gasteiger partial charge in [-0.2, -0.15) is 0 Å². The Morgan fingerprint density at radius 3 is 2.72 bits per heavy atom. The normalized spacial score (nSPS) is 16.1. The molecule has 12 heteroatoms. The van der Waals surface area contributed by atoms with E-state index in [1.807, 2.05) is 0 Å². The van der Waals surface area contributed by atoms with Crippen LogP contribution in [0.1, 0.15) is 31.0 Å². The Kier molecular flexibility index (Phi) is 8.00. The molecule has 0 spiro atoms. The number of amides is 1. The number of hydrogen-bond donors (Lipinski definition) is 1. The molecule has 1 saturated heterocycles. The third-order valence-corrected chi connectivity index (χ3v) is 5.97.